The zero-order valence-corrected chi connectivity index (χ0v) is 14.8. The van der Waals surface area contributed by atoms with E-state index in [1.807, 2.05) is 11.0 Å². The van der Waals surface area contributed by atoms with Crippen LogP contribution in [-0.4, -0.2) is 43.1 Å². The SMILES string of the molecule is C[C@@H]1C[C@H]1C(=O)N1CCC[C@H](CS(=O)(=O)NCc2ccccn2)C1. The summed E-state index contributed by atoms with van der Waals surface area (Å²) in [5.74, 6) is 0.956. The maximum absolute atomic E-state index is 12.3. The molecule has 1 amide bonds. The molecular weight excluding hydrogens is 326 g/mol. The quantitative estimate of drug-likeness (QED) is 0.840. The van der Waals surface area contributed by atoms with Crippen molar-refractivity contribution in [3.8, 4) is 0 Å². The van der Waals surface area contributed by atoms with Gasteiger partial charge in [-0.2, -0.15) is 0 Å². The summed E-state index contributed by atoms with van der Waals surface area (Å²) in [6.07, 6.45) is 4.36. The molecule has 1 aliphatic carbocycles. The van der Waals surface area contributed by atoms with E-state index in [1.54, 1.807) is 18.3 Å². The predicted octanol–water partition coefficient (Wildman–Crippen LogP) is 1.40. The average molecular weight is 351 g/mol. The van der Waals surface area contributed by atoms with E-state index in [4.69, 9.17) is 0 Å². The number of sulfonamides is 1. The Kier molecular flexibility index (Phi) is 5.20. The van der Waals surface area contributed by atoms with E-state index in [-0.39, 0.29) is 30.0 Å². The van der Waals surface area contributed by atoms with Crippen LogP contribution >= 0.6 is 0 Å². The lowest BCUT2D eigenvalue weighted by molar-refractivity contribution is -0.134. The molecule has 1 aliphatic heterocycles. The van der Waals surface area contributed by atoms with Crippen molar-refractivity contribution in [1.82, 2.24) is 14.6 Å². The summed E-state index contributed by atoms with van der Waals surface area (Å²) in [6, 6.07) is 5.42. The molecule has 1 aromatic rings. The molecule has 6 nitrogen and oxygen atoms in total. The van der Waals surface area contributed by atoms with Crippen LogP contribution in [0.15, 0.2) is 24.4 Å². The molecule has 1 aromatic heterocycles. The molecule has 1 saturated heterocycles. The molecule has 1 saturated carbocycles. The van der Waals surface area contributed by atoms with Gasteiger partial charge in [0.05, 0.1) is 18.0 Å². The molecule has 3 rings (SSSR count). The van der Waals surface area contributed by atoms with Crippen LogP contribution in [0.4, 0.5) is 0 Å². The van der Waals surface area contributed by atoms with Crippen LogP contribution in [0.1, 0.15) is 31.9 Å². The summed E-state index contributed by atoms with van der Waals surface area (Å²) in [5, 5.41) is 0. The number of rotatable bonds is 6. The highest BCUT2D eigenvalue weighted by molar-refractivity contribution is 7.89. The second kappa shape index (κ2) is 7.19. The molecule has 7 heteroatoms. The molecule has 0 bridgehead atoms. The van der Waals surface area contributed by atoms with Crippen molar-refractivity contribution in [2.45, 2.75) is 32.7 Å². The molecule has 0 radical (unpaired) electrons. The van der Waals surface area contributed by atoms with Crippen LogP contribution in [0.25, 0.3) is 0 Å². The molecule has 24 heavy (non-hydrogen) atoms. The number of piperidine rings is 1. The number of carbonyl (C=O) groups excluding carboxylic acids is 1. The third-order valence-electron chi connectivity index (χ3n) is 4.91. The van der Waals surface area contributed by atoms with Gasteiger partial charge in [0.2, 0.25) is 15.9 Å². The number of aromatic nitrogens is 1. The van der Waals surface area contributed by atoms with Crippen LogP contribution in [-0.2, 0) is 21.4 Å². The fourth-order valence-corrected chi connectivity index (χ4v) is 4.74. The number of hydrogen-bond donors (Lipinski definition) is 1. The Morgan fingerprint density at radius 3 is 2.88 bits per heavy atom. The highest BCUT2D eigenvalue weighted by Crippen LogP contribution is 2.39. The first kappa shape index (κ1) is 17.4. The topological polar surface area (TPSA) is 79.4 Å². The first-order valence-corrected chi connectivity index (χ1v) is 10.3. The number of nitrogens with one attached hydrogen (secondary N) is 1. The fraction of sp³-hybridized carbons (Fsp3) is 0.647. The lowest BCUT2D eigenvalue weighted by atomic mass is 9.99. The average Bonchev–Trinajstić information content (AvgIpc) is 3.30. The zero-order chi connectivity index (χ0) is 17.2. The van der Waals surface area contributed by atoms with Gasteiger partial charge in [0.1, 0.15) is 0 Å². The van der Waals surface area contributed by atoms with E-state index in [9.17, 15) is 13.2 Å². The summed E-state index contributed by atoms with van der Waals surface area (Å²) >= 11 is 0. The number of nitrogens with zero attached hydrogens (tertiary/aromatic N) is 2. The third kappa shape index (κ3) is 4.54. The molecule has 132 valence electrons. The second-order valence-electron chi connectivity index (χ2n) is 7.04. The Hall–Kier alpha value is -1.47. The normalized spacial score (nSPS) is 27.0. The minimum absolute atomic E-state index is 0.0120. The highest BCUT2D eigenvalue weighted by atomic mass is 32.2. The number of carbonyl (C=O) groups is 1. The first-order chi connectivity index (χ1) is 11.4. The lowest BCUT2D eigenvalue weighted by Gasteiger charge is -2.33. The largest absolute Gasteiger partial charge is 0.342 e. The van der Waals surface area contributed by atoms with Gasteiger partial charge in [-0.3, -0.25) is 9.78 Å². The van der Waals surface area contributed by atoms with Crippen molar-refractivity contribution < 1.29 is 13.2 Å². The number of hydrogen-bond acceptors (Lipinski definition) is 4. The van der Waals surface area contributed by atoms with Gasteiger partial charge in [-0.25, -0.2) is 13.1 Å². The molecule has 2 fully saturated rings. The maximum atomic E-state index is 12.3. The van der Waals surface area contributed by atoms with Crippen LogP contribution < -0.4 is 4.72 Å². The number of amides is 1. The van der Waals surface area contributed by atoms with Crippen molar-refractivity contribution in [3.05, 3.63) is 30.1 Å². The summed E-state index contributed by atoms with van der Waals surface area (Å²) in [6.45, 7) is 3.63. The molecule has 2 aliphatic rings. The van der Waals surface area contributed by atoms with Crippen molar-refractivity contribution in [1.29, 1.82) is 0 Å². The van der Waals surface area contributed by atoms with Crippen LogP contribution in [0.5, 0.6) is 0 Å². The van der Waals surface area contributed by atoms with Crippen molar-refractivity contribution in [2.75, 3.05) is 18.8 Å². The van der Waals surface area contributed by atoms with E-state index in [1.165, 1.54) is 0 Å². The van der Waals surface area contributed by atoms with Gasteiger partial charge in [0, 0.05) is 25.2 Å². The van der Waals surface area contributed by atoms with Crippen LogP contribution in [0, 0.1) is 17.8 Å². The van der Waals surface area contributed by atoms with E-state index >= 15 is 0 Å². The Morgan fingerprint density at radius 1 is 1.42 bits per heavy atom. The van der Waals surface area contributed by atoms with E-state index < -0.39 is 10.0 Å². The third-order valence-corrected chi connectivity index (χ3v) is 6.41. The minimum Gasteiger partial charge on any atom is -0.342 e. The Labute approximate surface area is 143 Å². The summed E-state index contributed by atoms with van der Waals surface area (Å²) < 4.78 is 27.2. The number of pyridine rings is 1. The van der Waals surface area contributed by atoms with Gasteiger partial charge in [-0.15, -0.1) is 0 Å². The van der Waals surface area contributed by atoms with Crippen molar-refractivity contribution >= 4 is 15.9 Å². The van der Waals surface area contributed by atoms with Gasteiger partial charge in [0.25, 0.3) is 0 Å². The second-order valence-corrected chi connectivity index (χ2v) is 8.89. The molecule has 3 atom stereocenters. The first-order valence-electron chi connectivity index (χ1n) is 8.60. The van der Waals surface area contributed by atoms with Gasteiger partial charge in [-0.05, 0) is 43.2 Å². The van der Waals surface area contributed by atoms with Crippen LogP contribution in [0.2, 0.25) is 0 Å². The van der Waals surface area contributed by atoms with Crippen molar-refractivity contribution in [3.63, 3.8) is 0 Å². The summed E-state index contributed by atoms with van der Waals surface area (Å²) in [5.41, 5.74) is 0.698. The molecule has 0 spiro atoms. The monoisotopic (exact) mass is 351 g/mol. The summed E-state index contributed by atoms with van der Waals surface area (Å²) in [7, 11) is -3.37. The fourth-order valence-electron chi connectivity index (χ4n) is 3.36. The lowest BCUT2D eigenvalue weighted by Crippen LogP contribution is -2.44. The van der Waals surface area contributed by atoms with Gasteiger partial charge >= 0.3 is 0 Å². The Balaban J connectivity index is 1.51. The Bertz CT molecular complexity index is 678. The Morgan fingerprint density at radius 2 is 2.21 bits per heavy atom. The minimum atomic E-state index is -3.37. The van der Waals surface area contributed by atoms with Gasteiger partial charge in [-0.1, -0.05) is 13.0 Å². The predicted molar refractivity (Wildman–Crippen MR) is 91.4 cm³/mol. The van der Waals surface area contributed by atoms with E-state index in [0.717, 1.165) is 25.8 Å². The molecule has 2 heterocycles. The number of likely N-dealkylation sites (tertiary alicyclic amines) is 1. The maximum Gasteiger partial charge on any atom is 0.225 e. The molecule has 1 N–H and O–H groups in total. The smallest absolute Gasteiger partial charge is 0.225 e. The molecular formula is C17H25N3O3S. The van der Waals surface area contributed by atoms with Gasteiger partial charge < -0.3 is 4.90 Å². The van der Waals surface area contributed by atoms with Crippen LogP contribution in [0.3, 0.4) is 0 Å². The molecule has 0 aromatic carbocycles. The molecule has 0 unspecified atom stereocenters. The standard InChI is InChI=1S/C17H25N3O3S/c1-13-9-16(13)17(21)20-8-4-5-14(11-20)12-24(22,23)19-10-15-6-2-3-7-18-15/h2-3,6-7,13-14,16,19H,4-5,8-12H2,1H3/t13-,14+,16-/m1/s1. The highest BCUT2D eigenvalue weighted by Gasteiger charge is 2.42. The van der Waals surface area contributed by atoms with E-state index in [0.29, 0.717) is 18.2 Å². The van der Waals surface area contributed by atoms with Gasteiger partial charge in [0.15, 0.2) is 0 Å². The zero-order valence-electron chi connectivity index (χ0n) is 14.0. The summed E-state index contributed by atoms with van der Waals surface area (Å²) in [4.78, 5) is 18.3. The van der Waals surface area contributed by atoms with E-state index in [2.05, 4.69) is 16.6 Å². The van der Waals surface area contributed by atoms with Crippen molar-refractivity contribution in [2.24, 2.45) is 17.8 Å².